The van der Waals surface area contributed by atoms with Crippen LogP contribution in [-0.4, -0.2) is 165 Å². The van der Waals surface area contributed by atoms with Crippen LogP contribution < -0.4 is 20.7 Å². The summed E-state index contributed by atoms with van der Waals surface area (Å²) in [6.45, 7) is 29.8. The van der Waals surface area contributed by atoms with Crippen molar-refractivity contribution in [1.82, 2.24) is 4.90 Å². The van der Waals surface area contributed by atoms with Crippen LogP contribution in [0.4, 0.5) is 4.79 Å². The molecule has 4 aromatic carbocycles. The second-order valence-corrected chi connectivity index (χ2v) is 40.3. The fraction of sp³-hybridized carbons (Fsp3) is 0.600. The number of carbonyl (C=O) groups is 2. The van der Waals surface area contributed by atoms with E-state index in [2.05, 4.69) is 96.3 Å². The first-order valence-electron chi connectivity index (χ1n) is 36.1. The molecule has 97 heavy (non-hydrogen) atoms. The molecule has 3 N–H and O–H groups in total. The summed E-state index contributed by atoms with van der Waals surface area (Å²) in [6, 6.07) is 40.5. The molecular weight excluding hydrogens is 1260 g/mol. The lowest BCUT2D eigenvalue weighted by Crippen LogP contribution is -2.67. The Labute approximate surface area is 578 Å². The minimum atomic E-state index is -3.66. The Morgan fingerprint density at radius 3 is 1.73 bits per heavy atom. The first-order valence-corrected chi connectivity index (χ1v) is 40.0. The van der Waals surface area contributed by atoms with Crippen molar-refractivity contribution in [1.29, 1.82) is 0 Å². The van der Waals surface area contributed by atoms with Gasteiger partial charge in [0, 0.05) is 63.4 Å². The van der Waals surface area contributed by atoms with E-state index < -0.39 is 111 Å². The van der Waals surface area contributed by atoms with Gasteiger partial charge in [0.15, 0.2) is 0 Å². The molecule has 4 aromatic rings. The van der Waals surface area contributed by atoms with Gasteiger partial charge < -0.3 is 57.3 Å². The molecule has 0 aromatic heterocycles. The Morgan fingerprint density at radius 2 is 1.16 bits per heavy atom. The highest BCUT2D eigenvalue weighted by Gasteiger charge is 2.63. The van der Waals surface area contributed by atoms with E-state index in [0.29, 0.717) is 57.9 Å². The van der Waals surface area contributed by atoms with Gasteiger partial charge in [0.05, 0.1) is 98.1 Å². The number of ether oxygens (including phenoxy) is 9. The molecule has 0 aliphatic carbocycles. The predicted molar refractivity (Wildman–Crippen MR) is 381 cm³/mol. The lowest BCUT2D eigenvalue weighted by Gasteiger charge is -2.52. The summed E-state index contributed by atoms with van der Waals surface area (Å²) in [4.78, 5) is 58.5. The molecule has 19 atom stereocenters. The maximum Gasteiger partial charge on any atom is 0.412 e. The maximum atomic E-state index is 15.4. The molecule has 12 rings (SSSR count). The van der Waals surface area contributed by atoms with Gasteiger partial charge in [0.1, 0.15) is 17.1 Å². The molecular formula is C80H109NO14Si2. The number of aliphatic hydroxyl groups excluding tert-OH is 1. The SMILES string of the molecule is C=C1C(C)CC2CC[C@@H]3OC(/C=C/C(O)CC4OC5C(CC(C)(C)[Si](O)(c6ccccc6)c6ccccc6)[C@H]6OC(CCC6O[C@H]5C4CC(C)(C)[Si](O)(c4ccccc4)c4ccccc4)CC(=O)CC4[C@H](CC1O2)O[C@H](CC1CN(C(=O)OC(C)(C)C)C(C)(C)O1)[C@@H]4OC)CC3=C. The number of fused-ring (bicyclic) bond motifs is 7. The molecule has 0 radical (unpaired) electrons. The van der Waals surface area contributed by atoms with Crippen molar-refractivity contribution >= 4 is 49.3 Å². The lowest BCUT2D eigenvalue weighted by atomic mass is 9.74. The predicted octanol–water partition coefficient (Wildman–Crippen LogP) is 11.2. The van der Waals surface area contributed by atoms with Gasteiger partial charge in [-0.2, -0.15) is 0 Å². The smallest absolute Gasteiger partial charge is 0.412 e. The van der Waals surface area contributed by atoms with Crippen LogP contribution in [0.5, 0.6) is 0 Å². The Hall–Kier alpha value is -4.97. The summed E-state index contributed by atoms with van der Waals surface area (Å²) < 4.78 is 62.9. The Morgan fingerprint density at radius 1 is 0.619 bits per heavy atom. The van der Waals surface area contributed by atoms with E-state index in [1.54, 1.807) is 12.0 Å². The highest BCUT2D eigenvalue weighted by Crippen LogP contribution is 2.56. The summed E-state index contributed by atoms with van der Waals surface area (Å²) in [7, 11) is -5.58. The second kappa shape index (κ2) is 28.8. The van der Waals surface area contributed by atoms with Crippen molar-refractivity contribution in [3.8, 4) is 0 Å². The van der Waals surface area contributed by atoms with Crippen molar-refractivity contribution < 1.29 is 66.9 Å². The van der Waals surface area contributed by atoms with E-state index in [1.807, 2.05) is 120 Å². The summed E-state index contributed by atoms with van der Waals surface area (Å²) in [5, 5.41) is 14.6. The number of aliphatic hydroxyl groups is 1. The van der Waals surface area contributed by atoms with E-state index >= 15 is 4.79 Å². The van der Waals surface area contributed by atoms with E-state index in [0.717, 1.165) is 44.7 Å². The first-order chi connectivity index (χ1) is 46.0. The number of amides is 1. The molecule has 7 fully saturated rings. The van der Waals surface area contributed by atoms with Gasteiger partial charge in [-0.1, -0.05) is 181 Å². The number of nitrogens with zero attached hydrogens (tertiary/aromatic N) is 1. The number of methoxy groups -OCH3 is 1. The van der Waals surface area contributed by atoms with Crippen LogP contribution in [0.1, 0.15) is 153 Å². The Kier molecular flexibility index (Phi) is 21.3. The molecule has 13 unspecified atom stereocenters. The van der Waals surface area contributed by atoms with Crippen LogP contribution in [-0.2, 0) is 47.4 Å². The monoisotopic (exact) mass is 1360 g/mol. The molecule has 8 aliphatic heterocycles. The van der Waals surface area contributed by atoms with Crippen LogP contribution in [0.15, 0.2) is 158 Å². The lowest BCUT2D eigenvalue weighted by molar-refractivity contribution is -0.242. The highest BCUT2D eigenvalue weighted by molar-refractivity contribution is 6.99. The van der Waals surface area contributed by atoms with E-state index in [9.17, 15) is 19.5 Å². The zero-order valence-corrected chi connectivity index (χ0v) is 61.3. The number of rotatable bonds is 13. The van der Waals surface area contributed by atoms with E-state index in [-0.39, 0.29) is 73.1 Å². The normalized spacial score (nSPS) is 34.9. The quantitative estimate of drug-likeness (QED) is 0.0849. The van der Waals surface area contributed by atoms with Gasteiger partial charge >= 0.3 is 6.09 Å². The number of hydrogen-bond acceptors (Lipinski definition) is 14. The molecule has 0 spiro atoms. The van der Waals surface area contributed by atoms with Gasteiger partial charge in [-0.05, 0) is 127 Å². The van der Waals surface area contributed by atoms with Crippen molar-refractivity contribution in [2.45, 2.75) is 266 Å². The molecule has 8 heterocycles. The van der Waals surface area contributed by atoms with Gasteiger partial charge in [0.25, 0.3) is 16.6 Å². The van der Waals surface area contributed by atoms with E-state index in [1.165, 1.54) is 0 Å². The third kappa shape index (κ3) is 14.9. The summed E-state index contributed by atoms with van der Waals surface area (Å²) in [5.74, 6) is -0.829. The standard InChI is InChI=1S/C80H109NO14Si2/c1-50-40-56-36-38-66-51(2)41-55(88-66)35-34-53(82)44-69-64(47-78(7,8)96(85,59-26-18-14-19-27-59)60-28-20-15-21-29-60)74-75(93-69)65(48-79(9,10)97(86,61-30-22-16-23-31-61)62-32-24-17-25-33-62)73-67(92-74)39-37-57(90-73)42-54(83)43-63-70(46-68(89-56)52(50)3)91-71(72(63)87-13)45-58-49-81(80(11,12)94-58)76(84)95-77(4,5)6/h14-35,50,53,55-58,63-75,82,85-86H,2-3,36-49H2,1,4-13H3/b35-34+/t50?,53?,55?,56?,57?,58?,63?,64?,65?,66-,67?,68?,69?,70-,71+,72+,73+,74-,75?/m0/s1. The van der Waals surface area contributed by atoms with Crippen LogP contribution in [0.3, 0.4) is 0 Å². The molecule has 7 saturated heterocycles. The average Bonchev–Trinajstić information content (AvgIpc) is 1.72. The molecule has 15 nitrogen and oxygen atoms in total. The molecule has 8 bridgehead atoms. The maximum absolute atomic E-state index is 15.4. The fourth-order valence-corrected chi connectivity index (χ4v) is 26.0. The topological polar surface area (TPSA) is 181 Å². The zero-order chi connectivity index (χ0) is 69.0. The number of carbonyl (C=O) groups excluding carboxylic acids is 2. The summed E-state index contributed by atoms with van der Waals surface area (Å²) >= 11 is 0. The minimum Gasteiger partial charge on any atom is -0.444 e. The van der Waals surface area contributed by atoms with Gasteiger partial charge in [0.2, 0.25) is 0 Å². The van der Waals surface area contributed by atoms with E-state index in [4.69, 9.17) is 42.6 Å². The number of ketones is 1. The number of benzene rings is 4. The molecule has 8 aliphatic rings. The van der Waals surface area contributed by atoms with Crippen LogP contribution in [0.2, 0.25) is 10.1 Å². The summed E-state index contributed by atoms with van der Waals surface area (Å²) in [6.07, 6.45) is 3.27. The molecule has 526 valence electrons. The minimum absolute atomic E-state index is 0.0331. The third-order valence-electron chi connectivity index (χ3n) is 23.3. The molecule has 1 amide bonds. The zero-order valence-electron chi connectivity index (χ0n) is 59.3. The first kappa shape index (κ1) is 71.8. The van der Waals surface area contributed by atoms with Gasteiger partial charge in [-0.25, -0.2) is 4.79 Å². The Bertz CT molecular complexity index is 3320. The summed E-state index contributed by atoms with van der Waals surface area (Å²) in [5.41, 5.74) is 0.374. The largest absolute Gasteiger partial charge is 0.444 e. The Balaban J connectivity index is 0.912. The van der Waals surface area contributed by atoms with Gasteiger partial charge in [-0.3, -0.25) is 9.69 Å². The van der Waals surface area contributed by atoms with Gasteiger partial charge in [-0.15, -0.1) is 0 Å². The van der Waals surface area contributed by atoms with Crippen LogP contribution >= 0.6 is 0 Å². The van der Waals surface area contributed by atoms with Crippen LogP contribution in [0, 0.1) is 23.7 Å². The van der Waals surface area contributed by atoms with Crippen molar-refractivity contribution in [3.05, 3.63) is 158 Å². The number of hydrogen-bond donors (Lipinski definition) is 3. The van der Waals surface area contributed by atoms with Crippen molar-refractivity contribution in [2.75, 3.05) is 13.7 Å². The van der Waals surface area contributed by atoms with Crippen molar-refractivity contribution in [3.63, 3.8) is 0 Å². The highest BCUT2D eigenvalue weighted by atomic mass is 28.4. The third-order valence-corrected chi connectivity index (χ3v) is 32.3. The molecule has 17 heteroatoms. The molecule has 0 saturated carbocycles. The van der Waals surface area contributed by atoms with Crippen molar-refractivity contribution in [2.24, 2.45) is 23.7 Å². The average molecular weight is 1360 g/mol. The van der Waals surface area contributed by atoms with Crippen LogP contribution in [0.25, 0.3) is 0 Å². The second-order valence-electron chi connectivity index (χ2n) is 32.5. The fourth-order valence-electron chi connectivity index (χ4n) is 18.4. The number of Topliss-reactive ketones (excluding diaryl/α,β-unsaturated/α-hetero) is 1.